The van der Waals surface area contributed by atoms with Crippen molar-refractivity contribution in [3.8, 4) is 0 Å². The molecule has 0 aromatic heterocycles. The number of rotatable bonds is 4. The van der Waals surface area contributed by atoms with E-state index >= 15 is 0 Å². The summed E-state index contributed by atoms with van der Waals surface area (Å²) < 4.78 is 13.5. The van der Waals surface area contributed by atoms with Crippen molar-refractivity contribution < 1.29 is 9.18 Å². The number of nitrogens with zero attached hydrogens (tertiary/aromatic N) is 1. The summed E-state index contributed by atoms with van der Waals surface area (Å²) >= 11 is 5.77. The van der Waals surface area contributed by atoms with Gasteiger partial charge in [0.25, 0.3) is 0 Å². The molecule has 0 bridgehead atoms. The lowest BCUT2D eigenvalue weighted by Gasteiger charge is -2.18. The van der Waals surface area contributed by atoms with Crippen LogP contribution in [0.25, 0.3) is 0 Å². The van der Waals surface area contributed by atoms with E-state index < -0.39 is 5.82 Å². The van der Waals surface area contributed by atoms with Crippen LogP contribution in [0, 0.1) is 5.82 Å². The van der Waals surface area contributed by atoms with Crippen molar-refractivity contribution in [1.29, 1.82) is 0 Å². The average molecular weight is 259 g/mol. The summed E-state index contributed by atoms with van der Waals surface area (Å²) in [5, 5.41) is 0.397. The average Bonchev–Trinajstić information content (AvgIpc) is 2.28. The zero-order valence-corrected chi connectivity index (χ0v) is 10.7. The minimum Gasteiger partial charge on any atom is -0.328 e. The Morgan fingerprint density at radius 3 is 2.82 bits per heavy atom. The number of hydrogen-bond acceptors (Lipinski definition) is 2. The van der Waals surface area contributed by atoms with E-state index in [1.165, 1.54) is 30.1 Å². The van der Waals surface area contributed by atoms with Crippen molar-refractivity contribution in [2.75, 3.05) is 11.9 Å². The second-order valence-corrected chi connectivity index (χ2v) is 4.50. The van der Waals surface area contributed by atoms with Gasteiger partial charge in [0.15, 0.2) is 0 Å². The van der Waals surface area contributed by atoms with Crippen LogP contribution in [0.5, 0.6) is 0 Å². The third-order valence-corrected chi connectivity index (χ3v) is 2.69. The van der Waals surface area contributed by atoms with Crippen LogP contribution in [0.3, 0.4) is 0 Å². The highest BCUT2D eigenvalue weighted by molar-refractivity contribution is 6.30. The summed E-state index contributed by atoms with van der Waals surface area (Å²) in [6, 6.07) is 4.07. The van der Waals surface area contributed by atoms with Gasteiger partial charge >= 0.3 is 0 Å². The molecule has 0 spiro atoms. The highest BCUT2D eigenvalue weighted by Crippen LogP contribution is 2.23. The van der Waals surface area contributed by atoms with Gasteiger partial charge in [-0.05, 0) is 31.5 Å². The van der Waals surface area contributed by atoms with Gasteiger partial charge in [-0.15, -0.1) is 0 Å². The topological polar surface area (TPSA) is 46.3 Å². The summed E-state index contributed by atoms with van der Waals surface area (Å²) in [7, 11) is 1.53. The number of amides is 1. The summed E-state index contributed by atoms with van der Waals surface area (Å²) in [5.41, 5.74) is 5.75. The highest BCUT2D eigenvalue weighted by atomic mass is 35.5. The van der Waals surface area contributed by atoms with Gasteiger partial charge in [0.1, 0.15) is 5.82 Å². The Balaban J connectivity index is 2.77. The van der Waals surface area contributed by atoms with Gasteiger partial charge in [-0.2, -0.15) is 0 Å². The van der Waals surface area contributed by atoms with Crippen LogP contribution in [0.1, 0.15) is 19.8 Å². The van der Waals surface area contributed by atoms with Crippen LogP contribution in [-0.2, 0) is 4.79 Å². The fourth-order valence-electron chi connectivity index (χ4n) is 1.40. The number of nitrogens with two attached hydrogens (primary N) is 1. The number of hydrogen-bond donors (Lipinski definition) is 1. The molecule has 5 heteroatoms. The van der Waals surface area contributed by atoms with Crippen LogP contribution in [-0.4, -0.2) is 19.0 Å². The molecule has 1 amide bonds. The Labute approximate surface area is 105 Å². The molecule has 94 valence electrons. The van der Waals surface area contributed by atoms with Crippen LogP contribution in [0.2, 0.25) is 5.02 Å². The Bertz CT molecular complexity index is 409. The quantitative estimate of drug-likeness (QED) is 0.902. The number of carbonyl (C=O) groups excluding carboxylic acids is 1. The Morgan fingerprint density at radius 1 is 1.59 bits per heavy atom. The first kappa shape index (κ1) is 13.9. The van der Waals surface area contributed by atoms with Crippen LogP contribution in [0.4, 0.5) is 10.1 Å². The largest absolute Gasteiger partial charge is 0.328 e. The van der Waals surface area contributed by atoms with Gasteiger partial charge in [-0.25, -0.2) is 4.39 Å². The number of anilines is 1. The molecular formula is C12H16ClFN2O. The summed E-state index contributed by atoms with van der Waals surface area (Å²) in [6.45, 7) is 1.83. The molecule has 1 aromatic rings. The van der Waals surface area contributed by atoms with E-state index in [-0.39, 0.29) is 17.6 Å². The molecule has 0 fully saturated rings. The number of halogens is 2. The predicted molar refractivity (Wildman–Crippen MR) is 67.7 cm³/mol. The molecule has 1 rings (SSSR count). The summed E-state index contributed by atoms with van der Waals surface area (Å²) in [6.07, 6.45) is 0.867. The molecule has 0 saturated heterocycles. The SMILES string of the molecule is CC(N)CCC(=O)N(C)c1cc(Cl)ccc1F. The van der Waals surface area contributed by atoms with Gasteiger partial charge in [0.2, 0.25) is 5.91 Å². The third kappa shape index (κ3) is 3.98. The van der Waals surface area contributed by atoms with Gasteiger partial charge in [-0.1, -0.05) is 11.6 Å². The zero-order chi connectivity index (χ0) is 13.0. The molecule has 1 aromatic carbocycles. The zero-order valence-electron chi connectivity index (χ0n) is 9.91. The van der Waals surface area contributed by atoms with Crippen LogP contribution < -0.4 is 10.6 Å². The maximum absolute atomic E-state index is 13.5. The van der Waals surface area contributed by atoms with Crippen LogP contribution >= 0.6 is 11.6 Å². The second-order valence-electron chi connectivity index (χ2n) is 4.06. The molecule has 0 radical (unpaired) electrons. The number of benzene rings is 1. The molecule has 17 heavy (non-hydrogen) atoms. The summed E-state index contributed by atoms with van der Waals surface area (Å²) in [4.78, 5) is 13.0. The van der Waals surface area contributed by atoms with E-state index in [9.17, 15) is 9.18 Å². The van der Waals surface area contributed by atoms with Crippen molar-refractivity contribution in [2.24, 2.45) is 5.73 Å². The monoisotopic (exact) mass is 258 g/mol. The first-order valence-corrected chi connectivity index (χ1v) is 5.76. The Hall–Kier alpha value is -1.13. The van der Waals surface area contributed by atoms with E-state index in [0.717, 1.165) is 0 Å². The molecule has 3 nitrogen and oxygen atoms in total. The van der Waals surface area contributed by atoms with Gasteiger partial charge in [0.05, 0.1) is 5.69 Å². The van der Waals surface area contributed by atoms with Gasteiger partial charge < -0.3 is 10.6 Å². The van der Waals surface area contributed by atoms with Crippen LogP contribution in [0.15, 0.2) is 18.2 Å². The fraction of sp³-hybridized carbons (Fsp3) is 0.417. The van der Waals surface area contributed by atoms with Gasteiger partial charge in [-0.3, -0.25) is 4.79 Å². The lowest BCUT2D eigenvalue weighted by molar-refractivity contribution is -0.118. The van der Waals surface area contributed by atoms with E-state index in [2.05, 4.69) is 0 Å². The standard InChI is InChI=1S/C12H16ClFN2O/c1-8(15)3-6-12(17)16(2)11-7-9(13)4-5-10(11)14/h4-5,7-8H,3,6,15H2,1-2H3. The van der Waals surface area contributed by atoms with Crippen molar-refractivity contribution in [3.63, 3.8) is 0 Å². The maximum atomic E-state index is 13.5. The fourth-order valence-corrected chi connectivity index (χ4v) is 1.56. The van der Waals surface area contributed by atoms with E-state index in [4.69, 9.17) is 17.3 Å². The van der Waals surface area contributed by atoms with Crippen molar-refractivity contribution in [1.82, 2.24) is 0 Å². The maximum Gasteiger partial charge on any atom is 0.226 e. The Kier molecular flexibility index (Phi) is 4.90. The molecular weight excluding hydrogens is 243 g/mol. The third-order valence-electron chi connectivity index (χ3n) is 2.46. The second kappa shape index (κ2) is 5.98. The smallest absolute Gasteiger partial charge is 0.226 e. The van der Waals surface area contributed by atoms with E-state index in [0.29, 0.717) is 17.9 Å². The normalized spacial score (nSPS) is 12.3. The highest BCUT2D eigenvalue weighted by Gasteiger charge is 2.15. The van der Waals surface area contributed by atoms with Crippen molar-refractivity contribution >= 4 is 23.2 Å². The first-order valence-electron chi connectivity index (χ1n) is 5.39. The summed E-state index contributed by atoms with van der Waals surface area (Å²) in [5.74, 6) is -0.644. The predicted octanol–water partition coefficient (Wildman–Crippen LogP) is 2.57. The molecule has 0 aliphatic carbocycles. The van der Waals surface area contributed by atoms with Gasteiger partial charge in [0, 0.05) is 24.5 Å². The van der Waals surface area contributed by atoms with Crippen molar-refractivity contribution in [2.45, 2.75) is 25.8 Å². The Morgan fingerprint density at radius 2 is 2.24 bits per heavy atom. The molecule has 0 saturated carbocycles. The molecule has 2 N–H and O–H groups in total. The molecule has 0 aliphatic rings. The van der Waals surface area contributed by atoms with E-state index in [1.54, 1.807) is 0 Å². The van der Waals surface area contributed by atoms with Crippen molar-refractivity contribution in [3.05, 3.63) is 29.0 Å². The molecule has 0 heterocycles. The minimum absolute atomic E-state index is 0.0449. The van der Waals surface area contributed by atoms with E-state index in [1.807, 2.05) is 6.92 Å². The first-order chi connectivity index (χ1) is 7.91. The number of carbonyl (C=O) groups is 1. The lowest BCUT2D eigenvalue weighted by Crippen LogP contribution is -2.28. The minimum atomic E-state index is -0.467. The molecule has 0 aliphatic heterocycles. The lowest BCUT2D eigenvalue weighted by atomic mass is 10.1. The molecule has 1 unspecified atom stereocenters. The molecule has 1 atom stereocenters.